The number of hydrogen-bond acceptors (Lipinski definition) is 4. The highest BCUT2D eigenvalue weighted by Gasteiger charge is 2.09. The van der Waals surface area contributed by atoms with Gasteiger partial charge in [0.15, 0.2) is 0 Å². The van der Waals surface area contributed by atoms with Gasteiger partial charge >= 0.3 is 0 Å². The van der Waals surface area contributed by atoms with E-state index in [0.717, 1.165) is 11.3 Å². The Morgan fingerprint density at radius 2 is 1.28 bits per heavy atom. The molecule has 4 heteroatoms. The molecule has 92 valence electrons. The normalized spacial score (nSPS) is 11.8. The second-order valence-electron chi connectivity index (χ2n) is 3.87. The highest BCUT2D eigenvalue weighted by Crippen LogP contribution is 2.17. The first kappa shape index (κ1) is 12.0. The Morgan fingerprint density at radius 3 is 1.83 bits per heavy atom. The predicted molar refractivity (Wildman–Crippen MR) is 74.8 cm³/mol. The number of rotatable bonds is 3. The van der Waals surface area contributed by atoms with Crippen LogP contribution in [0.2, 0.25) is 0 Å². The Hall–Kier alpha value is -2.46. The molecule has 18 heavy (non-hydrogen) atoms. The van der Waals surface area contributed by atoms with Crippen molar-refractivity contribution in [2.45, 2.75) is 0 Å². The predicted octanol–water partition coefficient (Wildman–Crippen LogP) is 1.61. The van der Waals surface area contributed by atoms with Crippen molar-refractivity contribution in [2.24, 2.45) is 17.3 Å². The molecule has 0 heterocycles. The van der Waals surface area contributed by atoms with E-state index in [1.165, 1.54) is 5.01 Å². The van der Waals surface area contributed by atoms with E-state index in [0.29, 0.717) is 11.5 Å². The molecule has 2 aromatic carbocycles. The maximum Gasteiger partial charge on any atom is 0.142 e. The van der Waals surface area contributed by atoms with Crippen LogP contribution in [0, 0.1) is 0 Å². The molecule has 0 radical (unpaired) electrons. The summed E-state index contributed by atoms with van der Waals surface area (Å²) in [6.07, 6.45) is 0. The summed E-state index contributed by atoms with van der Waals surface area (Å²) in [5.41, 5.74) is 14.1. The van der Waals surface area contributed by atoms with Crippen LogP contribution in [0.1, 0.15) is 5.56 Å². The second-order valence-corrected chi connectivity index (χ2v) is 3.87. The highest BCUT2D eigenvalue weighted by molar-refractivity contribution is 5.69. The minimum absolute atomic E-state index is 0.326. The maximum absolute atomic E-state index is 6.01. The molecule has 6 N–H and O–H groups in total. The number of anilines is 1. The molecular weight excluding hydrogens is 224 g/mol. The average Bonchev–Trinajstić information content (AvgIpc) is 2.47. The van der Waals surface area contributed by atoms with Gasteiger partial charge in [-0.2, -0.15) is 0 Å². The Balaban J connectivity index is 2.33. The highest BCUT2D eigenvalue weighted by atomic mass is 15.4. The standard InChI is InChI=1S/C14H16N4/c15-13(11-7-3-1-4-8-11)14(16)18(17)12-9-5-2-6-10-12/h1-10H,15-17H2/b14-13-. The Labute approximate surface area is 106 Å². The van der Waals surface area contributed by atoms with Crippen LogP contribution in [0.15, 0.2) is 66.5 Å². The first-order chi connectivity index (χ1) is 8.70. The quantitative estimate of drug-likeness (QED) is 0.562. The third kappa shape index (κ3) is 2.44. The second kappa shape index (κ2) is 5.25. The summed E-state index contributed by atoms with van der Waals surface area (Å²) >= 11 is 0. The summed E-state index contributed by atoms with van der Waals surface area (Å²) in [4.78, 5) is 0. The lowest BCUT2D eigenvalue weighted by atomic mass is 10.1. The molecule has 0 spiro atoms. The molecule has 0 unspecified atom stereocenters. The van der Waals surface area contributed by atoms with E-state index in [1.54, 1.807) is 0 Å². The molecule has 0 atom stereocenters. The van der Waals surface area contributed by atoms with Crippen LogP contribution in [-0.4, -0.2) is 0 Å². The smallest absolute Gasteiger partial charge is 0.142 e. The summed E-state index contributed by atoms with van der Waals surface area (Å²) < 4.78 is 0. The summed E-state index contributed by atoms with van der Waals surface area (Å²) in [6, 6.07) is 18.9. The van der Waals surface area contributed by atoms with Crippen LogP contribution >= 0.6 is 0 Å². The molecule has 0 fully saturated rings. The van der Waals surface area contributed by atoms with Gasteiger partial charge in [-0.1, -0.05) is 48.5 Å². The maximum atomic E-state index is 6.01. The van der Waals surface area contributed by atoms with E-state index in [-0.39, 0.29) is 0 Å². The van der Waals surface area contributed by atoms with Crippen molar-refractivity contribution in [1.82, 2.24) is 0 Å². The van der Waals surface area contributed by atoms with Gasteiger partial charge in [0.1, 0.15) is 5.82 Å². The molecule has 0 aromatic heterocycles. The number of para-hydroxylation sites is 1. The van der Waals surface area contributed by atoms with Crippen LogP contribution in [-0.2, 0) is 0 Å². The lowest BCUT2D eigenvalue weighted by Gasteiger charge is -2.20. The minimum atomic E-state index is 0.326. The number of hydrazine groups is 1. The van der Waals surface area contributed by atoms with Crippen molar-refractivity contribution in [3.05, 3.63) is 72.0 Å². The number of benzene rings is 2. The van der Waals surface area contributed by atoms with Crippen LogP contribution < -0.4 is 22.3 Å². The number of hydrogen-bond donors (Lipinski definition) is 3. The zero-order valence-corrected chi connectivity index (χ0v) is 9.95. The number of nitrogens with zero attached hydrogens (tertiary/aromatic N) is 1. The van der Waals surface area contributed by atoms with E-state index in [2.05, 4.69) is 0 Å². The summed E-state index contributed by atoms with van der Waals surface area (Å²) in [6.45, 7) is 0. The third-order valence-corrected chi connectivity index (χ3v) is 2.65. The van der Waals surface area contributed by atoms with E-state index < -0.39 is 0 Å². The molecule has 2 aromatic rings. The van der Waals surface area contributed by atoms with E-state index >= 15 is 0 Å². The zero-order valence-electron chi connectivity index (χ0n) is 9.95. The van der Waals surface area contributed by atoms with Gasteiger partial charge in [0.05, 0.1) is 11.4 Å². The fourth-order valence-electron chi connectivity index (χ4n) is 1.62. The van der Waals surface area contributed by atoms with Crippen molar-refractivity contribution in [2.75, 3.05) is 5.01 Å². The van der Waals surface area contributed by atoms with Crippen LogP contribution in [0.4, 0.5) is 5.69 Å². The summed E-state index contributed by atoms with van der Waals surface area (Å²) in [7, 11) is 0. The van der Waals surface area contributed by atoms with Gasteiger partial charge in [0.25, 0.3) is 0 Å². The Bertz CT molecular complexity index is 534. The first-order valence-corrected chi connectivity index (χ1v) is 5.60. The van der Waals surface area contributed by atoms with Crippen LogP contribution in [0.3, 0.4) is 0 Å². The van der Waals surface area contributed by atoms with Crippen molar-refractivity contribution < 1.29 is 0 Å². The van der Waals surface area contributed by atoms with Gasteiger partial charge in [-0.25, -0.2) is 5.84 Å². The van der Waals surface area contributed by atoms with E-state index in [1.807, 2.05) is 60.7 Å². The van der Waals surface area contributed by atoms with Crippen LogP contribution in [0.25, 0.3) is 5.70 Å². The topological polar surface area (TPSA) is 81.3 Å². The molecule has 4 nitrogen and oxygen atoms in total. The van der Waals surface area contributed by atoms with Crippen molar-refractivity contribution in [1.29, 1.82) is 0 Å². The van der Waals surface area contributed by atoms with Gasteiger partial charge in [-0.3, -0.25) is 5.01 Å². The van der Waals surface area contributed by atoms with Crippen LogP contribution in [0.5, 0.6) is 0 Å². The molecule has 0 saturated carbocycles. The lowest BCUT2D eigenvalue weighted by molar-refractivity contribution is 0.974. The van der Waals surface area contributed by atoms with Crippen molar-refractivity contribution in [3.8, 4) is 0 Å². The lowest BCUT2D eigenvalue weighted by Crippen LogP contribution is -2.36. The first-order valence-electron chi connectivity index (χ1n) is 5.60. The monoisotopic (exact) mass is 240 g/mol. The van der Waals surface area contributed by atoms with Gasteiger partial charge in [-0.05, 0) is 12.1 Å². The van der Waals surface area contributed by atoms with Gasteiger partial charge in [-0.15, -0.1) is 0 Å². The SMILES string of the molecule is N/C(=C(/N)N(N)c1ccccc1)c1ccccc1. The molecule has 0 saturated heterocycles. The van der Waals surface area contributed by atoms with Crippen molar-refractivity contribution in [3.63, 3.8) is 0 Å². The average molecular weight is 240 g/mol. The molecule has 2 rings (SSSR count). The molecule has 0 amide bonds. The fraction of sp³-hybridized carbons (Fsp3) is 0. The Morgan fingerprint density at radius 1 is 0.778 bits per heavy atom. The fourth-order valence-corrected chi connectivity index (χ4v) is 1.62. The molecule has 0 aliphatic carbocycles. The third-order valence-electron chi connectivity index (χ3n) is 2.65. The largest absolute Gasteiger partial charge is 0.395 e. The zero-order chi connectivity index (χ0) is 13.0. The molecule has 0 bridgehead atoms. The minimum Gasteiger partial charge on any atom is -0.395 e. The molecule has 0 aliphatic rings. The summed E-state index contributed by atoms with van der Waals surface area (Å²) in [5, 5.41) is 1.38. The molecular formula is C14H16N4. The number of nitrogens with two attached hydrogens (primary N) is 3. The van der Waals surface area contributed by atoms with Crippen molar-refractivity contribution >= 4 is 11.4 Å². The Kier molecular flexibility index (Phi) is 3.50. The van der Waals surface area contributed by atoms with Gasteiger partial charge in [0.2, 0.25) is 0 Å². The molecule has 0 aliphatic heterocycles. The van der Waals surface area contributed by atoms with E-state index in [4.69, 9.17) is 17.3 Å². The summed E-state index contributed by atoms with van der Waals surface area (Å²) in [5.74, 6) is 6.27. The van der Waals surface area contributed by atoms with Gasteiger partial charge in [0, 0.05) is 5.56 Å². The van der Waals surface area contributed by atoms with E-state index in [9.17, 15) is 0 Å². The van der Waals surface area contributed by atoms with Gasteiger partial charge < -0.3 is 11.5 Å².